The highest BCUT2D eigenvalue weighted by Crippen LogP contribution is 2.56. The van der Waals surface area contributed by atoms with Crippen LogP contribution in [0, 0.1) is 5.41 Å². The van der Waals surface area contributed by atoms with Crippen LogP contribution in [0.2, 0.25) is 0 Å². The minimum atomic E-state index is 0. The number of fused-ring (bicyclic) bond motifs is 1. The van der Waals surface area contributed by atoms with Crippen LogP contribution in [-0.2, 0) is 20.1 Å². The van der Waals surface area contributed by atoms with Crippen LogP contribution in [0.25, 0.3) is 10.2 Å². The monoisotopic (exact) mass is 433 g/mol. The minimum absolute atomic E-state index is 0. The molecule has 1 atom stereocenters. The fourth-order valence-corrected chi connectivity index (χ4v) is 5.65. The Labute approximate surface area is 181 Å². The van der Waals surface area contributed by atoms with Crippen LogP contribution in [0.1, 0.15) is 30.1 Å². The summed E-state index contributed by atoms with van der Waals surface area (Å²) >= 11 is 1.78. The van der Waals surface area contributed by atoms with Gasteiger partial charge in [-0.2, -0.15) is 0 Å². The number of rotatable bonds is 6. The lowest BCUT2D eigenvalue weighted by Gasteiger charge is -2.29. The Morgan fingerprint density at radius 1 is 1.31 bits per heavy atom. The number of nitrogens with zero attached hydrogens (tertiary/aromatic N) is 4. The Morgan fingerprint density at radius 2 is 2.14 bits per heavy atom. The number of hydrogen-bond donors (Lipinski definition) is 1. The Bertz CT molecular complexity index is 981. The van der Waals surface area contributed by atoms with Gasteiger partial charge in [0.2, 0.25) is 0 Å². The van der Waals surface area contributed by atoms with E-state index in [9.17, 15) is 0 Å². The lowest BCUT2D eigenvalue weighted by atomic mass is 9.93. The quantitative estimate of drug-likeness (QED) is 0.643. The summed E-state index contributed by atoms with van der Waals surface area (Å²) in [6.45, 7) is 4.05. The van der Waals surface area contributed by atoms with Gasteiger partial charge in [0, 0.05) is 25.5 Å². The van der Waals surface area contributed by atoms with E-state index in [-0.39, 0.29) is 12.4 Å². The number of thiazole rings is 1. The number of aryl methyl sites for hydroxylation is 1. The van der Waals surface area contributed by atoms with Gasteiger partial charge in [-0.05, 0) is 56.0 Å². The second-order valence-electron chi connectivity index (χ2n) is 8.13. The van der Waals surface area contributed by atoms with Gasteiger partial charge in [-0.3, -0.25) is 4.90 Å². The highest BCUT2D eigenvalue weighted by atomic mass is 35.5. The fraction of sp³-hybridized carbons (Fsp3) is 0.524. The van der Waals surface area contributed by atoms with E-state index >= 15 is 0 Å². The summed E-state index contributed by atoms with van der Waals surface area (Å²) < 4.78 is 8.70. The maximum atomic E-state index is 5.37. The first-order valence-electron chi connectivity index (χ1n) is 10.0. The lowest BCUT2D eigenvalue weighted by molar-refractivity contribution is 0.182. The van der Waals surface area contributed by atoms with Gasteiger partial charge in [0.05, 0.1) is 30.4 Å². The van der Waals surface area contributed by atoms with Crippen molar-refractivity contribution in [2.75, 3.05) is 20.2 Å². The summed E-state index contributed by atoms with van der Waals surface area (Å²) in [6.07, 6.45) is 7.80. The molecule has 0 bridgehead atoms. The van der Waals surface area contributed by atoms with Gasteiger partial charge in [0.15, 0.2) is 0 Å². The standard InChI is InChI=1S/C21H27N5OS.ClH/c1-25-10-9-23-19(25)13-26(18-12-21(18)5-7-22-8-6-21)14-20-24-16-4-3-15(27-2)11-17(16)28-20;/h3-4,9-11,18,22H,5-8,12-14H2,1-2H3;1H. The molecular formula is C21H28ClN5OS. The number of aromatic nitrogens is 3. The second-order valence-corrected chi connectivity index (χ2v) is 9.25. The number of methoxy groups -OCH3 is 1. The molecule has 156 valence electrons. The van der Waals surface area contributed by atoms with Crippen molar-refractivity contribution < 1.29 is 4.74 Å². The summed E-state index contributed by atoms with van der Waals surface area (Å²) in [5, 5.41) is 4.69. The van der Waals surface area contributed by atoms with Gasteiger partial charge in [0.1, 0.15) is 16.6 Å². The molecule has 1 spiro atoms. The molecule has 2 fully saturated rings. The molecular weight excluding hydrogens is 406 g/mol. The summed E-state index contributed by atoms with van der Waals surface area (Å²) in [5.41, 5.74) is 1.56. The van der Waals surface area contributed by atoms with Crippen molar-refractivity contribution in [2.24, 2.45) is 12.5 Å². The molecule has 1 unspecified atom stereocenters. The molecule has 3 heterocycles. The number of nitrogens with one attached hydrogen (secondary N) is 1. The third kappa shape index (κ3) is 4.01. The molecule has 1 N–H and O–H groups in total. The fourth-order valence-electron chi connectivity index (χ4n) is 4.63. The molecule has 2 aliphatic rings. The predicted molar refractivity (Wildman–Crippen MR) is 119 cm³/mol. The van der Waals surface area contributed by atoms with Crippen molar-refractivity contribution in [2.45, 2.75) is 38.4 Å². The largest absolute Gasteiger partial charge is 0.497 e. The SMILES string of the molecule is COc1ccc2nc(CN(Cc3nccn3C)C3CC34CCNCC4)sc2c1.Cl. The molecule has 8 heteroatoms. The van der Waals surface area contributed by atoms with Crippen LogP contribution >= 0.6 is 23.7 Å². The predicted octanol–water partition coefficient (Wildman–Crippen LogP) is 3.60. The van der Waals surface area contributed by atoms with Crippen LogP contribution in [0.3, 0.4) is 0 Å². The molecule has 6 nitrogen and oxygen atoms in total. The van der Waals surface area contributed by atoms with Crippen LogP contribution in [-0.4, -0.2) is 45.7 Å². The molecule has 1 saturated heterocycles. The van der Waals surface area contributed by atoms with Crippen LogP contribution < -0.4 is 10.1 Å². The first kappa shape index (κ1) is 20.6. The zero-order chi connectivity index (χ0) is 19.1. The highest BCUT2D eigenvalue weighted by Gasteiger charge is 2.56. The molecule has 1 aliphatic heterocycles. The van der Waals surface area contributed by atoms with E-state index in [1.165, 1.54) is 29.0 Å². The molecule has 3 aromatic rings. The van der Waals surface area contributed by atoms with E-state index in [1.54, 1.807) is 18.4 Å². The van der Waals surface area contributed by atoms with Gasteiger partial charge in [-0.1, -0.05) is 0 Å². The zero-order valence-electron chi connectivity index (χ0n) is 16.9. The average Bonchev–Trinajstić information content (AvgIpc) is 3.03. The van der Waals surface area contributed by atoms with E-state index in [2.05, 4.69) is 38.9 Å². The molecule has 1 aliphatic carbocycles. The number of ether oxygens (including phenoxy) is 1. The zero-order valence-corrected chi connectivity index (χ0v) is 18.6. The summed E-state index contributed by atoms with van der Waals surface area (Å²) in [5.74, 6) is 2.02. The number of piperidine rings is 1. The number of imidazole rings is 1. The summed E-state index contributed by atoms with van der Waals surface area (Å²) in [7, 11) is 3.79. The first-order chi connectivity index (χ1) is 13.7. The Hall–Kier alpha value is -1.67. The molecule has 1 saturated carbocycles. The topological polar surface area (TPSA) is 55.2 Å². The smallest absolute Gasteiger partial charge is 0.122 e. The van der Waals surface area contributed by atoms with Gasteiger partial charge in [0.25, 0.3) is 0 Å². The van der Waals surface area contributed by atoms with Crippen molar-refractivity contribution in [3.05, 3.63) is 41.4 Å². The molecule has 5 rings (SSSR count). The maximum absolute atomic E-state index is 5.37. The van der Waals surface area contributed by atoms with E-state index in [0.29, 0.717) is 11.5 Å². The van der Waals surface area contributed by atoms with Crippen molar-refractivity contribution in [3.63, 3.8) is 0 Å². The van der Waals surface area contributed by atoms with E-state index in [1.807, 2.05) is 18.5 Å². The van der Waals surface area contributed by atoms with Crippen LogP contribution in [0.5, 0.6) is 5.75 Å². The molecule has 2 aromatic heterocycles. The van der Waals surface area contributed by atoms with E-state index in [4.69, 9.17) is 9.72 Å². The number of benzene rings is 1. The Morgan fingerprint density at radius 3 is 2.86 bits per heavy atom. The second kappa shape index (κ2) is 8.22. The minimum Gasteiger partial charge on any atom is -0.497 e. The van der Waals surface area contributed by atoms with Crippen molar-refractivity contribution in [3.8, 4) is 5.75 Å². The van der Waals surface area contributed by atoms with Gasteiger partial charge >= 0.3 is 0 Å². The van der Waals surface area contributed by atoms with Crippen molar-refractivity contribution in [1.82, 2.24) is 24.8 Å². The number of halogens is 1. The van der Waals surface area contributed by atoms with Crippen LogP contribution in [0.15, 0.2) is 30.6 Å². The molecule has 29 heavy (non-hydrogen) atoms. The number of hydrogen-bond acceptors (Lipinski definition) is 6. The Kier molecular flexibility index (Phi) is 5.84. The summed E-state index contributed by atoms with van der Waals surface area (Å²) in [4.78, 5) is 12.1. The molecule has 0 radical (unpaired) electrons. The molecule has 0 amide bonds. The maximum Gasteiger partial charge on any atom is 0.122 e. The van der Waals surface area contributed by atoms with E-state index < -0.39 is 0 Å². The van der Waals surface area contributed by atoms with Crippen LogP contribution in [0.4, 0.5) is 0 Å². The Balaban J connectivity index is 0.00000205. The third-order valence-electron chi connectivity index (χ3n) is 6.43. The molecule has 1 aromatic carbocycles. The van der Waals surface area contributed by atoms with Gasteiger partial charge in [-0.15, -0.1) is 23.7 Å². The van der Waals surface area contributed by atoms with Gasteiger partial charge in [-0.25, -0.2) is 9.97 Å². The average molecular weight is 434 g/mol. The van der Waals surface area contributed by atoms with Gasteiger partial charge < -0.3 is 14.6 Å². The van der Waals surface area contributed by atoms with Crippen molar-refractivity contribution in [1.29, 1.82) is 0 Å². The first-order valence-corrected chi connectivity index (χ1v) is 10.8. The van der Waals surface area contributed by atoms with E-state index in [0.717, 1.165) is 43.3 Å². The lowest BCUT2D eigenvalue weighted by Crippen LogP contribution is -2.36. The third-order valence-corrected chi connectivity index (χ3v) is 7.43. The highest BCUT2D eigenvalue weighted by molar-refractivity contribution is 7.18. The summed E-state index contributed by atoms with van der Waals surface area (Å²) in [6, 6.07) is 6.77. The van der Waals surface area contributed by atoms with Crippen molar-refractivity contribution >= 4 is 34.0 Å². The normalized spacial score (nSPS) is 20.2.